The van der Waals surface area contributed by atoms with Gasteiger partial charge in [-0.05, 0) is 75.4 Å². The summed E-state index contributed by atoms with van der Waals surface area (Å²) in [5, 5.41) is 7.22. The Morgan fingerprint density at radius 2 is 1.13 bits per heavy atom. The average Bonchev–Trinajstić information content (AvgIpc) is 3.83. The van der Waals surface area contributed by atoms with Gasteiger partial charge >= 0.3 is 0 Å². The van der Waals surface area contributed by atoms with E-state index in [9.17, 15) is 0 Å². The van der Waals surface area contributed by atoms with E-state index in [1.54, 1.807) is 0 Å². The second-order valence-corrected chi connectivity index (χ2v) is 14.9. The van der Waals surface area contributed by atoms with Crippen molar-refractivity contribution < 1.29 is 4.74 Å². The van der Waals surface area contributed by atoms with Gasteiger partial charge < -0.3 is 18.9 Å². The molecule has 5 heterocycles. The van der Waals surface area contributed by atoms with Crippen LogP contribution in [0.15, 0.2) is 146 Å². The zero-order valence-corrected chi connectivity index (χ0v) is 29.2. The number of ether oxygens (including phenoxy) is 1. The number of rotatable bonds is 3. The van der Waals surface area contributed by atoms with Gasteiger partial charge in [0.15, 0.2) is 5.65 Å². The standard InChI is InChI=1S/C46H35N5O/c1-46(2,3)49-28-48(39-20-6-7-21-40(39)49)29-12-8-13-30(26-29)52-31-23-24-33-35-16-10-18-37-36-17-9-15-34-32-14-4-5-19-38(32)50(43(34)36)41-22-11-25-47-45(41)51(44(35)37)42(33)27-31/h4-27H,28H2,1-3H3. The zero-order valence-electron chi connectivity index (χ0n) is 29.2. The highest BCUT2D eigenvalue weighted by molar-refractivity contribution is 6.25. The van der Waals surface area contributed by atoms with Crippen LogP contribution in [0.5, 0.6) is 11.5 Å². The summed E-state index contributed by atoms with van der Waals surface area (Å²) >= 11 is 0. The SMILES string of the molecule is CC(C)(C)N1CN(c2cccc(Oc3ccc4c5cccc6c7cccc8c9ccccc9n(c9cccnc9n(c4c3)c56)c87)c2)c2ccccc21. The van der Waals surface area contributed by atoms with Crippen molar-refractivity contribution in [2.45, 2.75) is 26.3 Å². The van der Waals surface area contributed by atoms with Crippen molar-refractivity contribution in [3.63, 3.8) is 0 Å². The van der Waals surface area contributed by atoms with Crippen molar-refractivity contribution in [1.29, 1.82) is 0 Å². The van der Waals surface area contributed by atoms with Crippen molar-refractivity contribution >= 4 is 82.6 Å². The third kappa shape index (κ3) is 4.03. The lowest BCUT2D eigenvalue weighted by molar-refractivity contribution is 0.483. The molecule has 0 bridgehead atoms. The fourth-order valence-electron chi connectivity index (χ4n) is 8.63. The first-order valence-electron chi connectivity index (χ1n) is 17.9. The Balaban J connectivity index is 1.13. The summed E-state index contributed by atoms with van der Waals surface area (Å²) in [6.45, 7) is 7.57. The van der Waals surface area contributed by atoms with Crippen LogP contribution < -0.4 is 14.5 Å². The van der Waals surface area contributed by atoms with Crippen LogP contribution in [-0.4, -0.2) is 26.0 Å². The van der Waals surface area contributed by atoms with Crippen LogP contribution in [0.2, 0.25) is 0 Å². The lowest BCUT2D eigenvalue weighted by Gasteiger charge is -2.34. The van der Waals surface area contributed by atoms with Gasteiger partial charge in [-0.25, -0.2) is 4.98 Å². The maximum absolute atomic E-state index is 6.73. The molecule has 0 N–H and O–H groups in total. The summed E-state index contributed by atoms with van der Waals surface area (Å²) in [6.07, 6.45) is 1.90. The van der Waals surface area contributed by atoms with Gasteiger partial charge in [0.2, 0.25) is 0 Å². The molecular weight excluding hydrogens is 639 g/mol. The van der Waals surface area contributed by atoms with Crippen molar-refractivity contribution in [3.8, 4) is 11.5 Å². The Morgan fingerprint density at radius 3 is 1.92 bits per heavy atom. The largest absolute Gasteiger partial charge is 0.457 e. The molecule has 6 heteroatoms. The Kier molecular flexibility index (Phi) is 5.90. The highest BCUT2D eigenvalue weighted by atomic mass is 16.5. The fourth-order valence-corrected chi connectivity index (χ4v) is 8.63. The number of hydrogen-bond donors (Lipinski definition) is 0. The first kappa shape index (κ1) is 29.2. The minimum Gasteiger partial charge on any atom is -0.457 e. The van der Waals surface area contributed by atoms with E-state index in [-0.39, 0.29) is 5.54 Å². The van der Waals surface area contributed by atoms with E-state index >= 15 is 0 Å². The van der Waals surface area contributed by atoms with Gasteiger partial charge in [0.05, 0.1) is 45.6 Å². The van der Waals surface area contributed by atoms with Gasteiger partial charge in [0.25, 0.3) is 0 Å². The maximum Gasteiger partial charge on any atom is 0.162 e. The summed E-state index contributed by atoms with van der Waals surface area (Å²) in [5.74, 6) is 1.57. The van der Waals surface area contributed by atoms with Crippen LogP contribution in [0.1, 0.15) is 20.8 Å². The summed E-state index contributed by atoms with van der Waals surface area (Å²) in [5.41, 5.74) is 10.1. The van der Waals surface area contributed by atoms with Crippen molar-refractivity contribution in [2.75, 3.05) is 16.5 Å². The van der Waals surface area contributed by atoms with Crippen LogP contribution >= 0.6 is 0 Å². The fraction of sp³-hybridized carbons (Fsp3) is 0.109. The molecule has 6 aromatic carbocycles. The lowest BCUT2D eigenvalue weighted by atomic mass is 10.0. The van der Waals surface area contributed by atoms with Gasteiger partial charge in [-0.15, -0.1) is 0 Å². The number of para-hydroxylation sites is 5. The van der Waals surface area contributed by atoms with Crippen molar-refractivity contribution in [3.05, 3.63) is 146 Å². The molecule has 0 saturated carbocycles. The van der Waals surface area contributed by atoms with Crippen LogP contribution in [0.3, 0.4) is 0 Å². The lowest BCUT2D eigenvalue weighted by Crippen LogP contribution is -2.42. The highest BCUT2D eigenvalue weighted by Gasteiger charge is 2.33. The monoisotopic (exact) mass is 673 g/mol. The number of benzene rings is 6. The topological polar surface area (TPSA) is 37.4 Å². The summed E-state index contributed by atoms with van der Waals surface area (Å²) in [6, 6.07) is 49.8. The number of hydrogen-bond acceptors (Lipinski definition) is 4. The molecule has 10 aromatic rings. The molecule has 0 fully saturated rings. The third-order valence-corrected chi connectivity index (χ3v) is 10.9. The van der Waals surface area contributed by atoms with E-state index in [1.165, 1.54) is 49.3 Å². The van der Waals surface area contributed by atoms with Crippen LogP contribution in [-0.2, 0) is 0 Å². The molecule has 0 saturated heterocycles. The molecule has 0 spiro atoms. The molecule has 0 unspecified atom stereocenters. The summed E-state index contributed by atoms with van der Waals surface area (Å²) < 4.78 is 11.5. The molecule has 0 radical (unpaired) electrons. The van der Waals surface area contributed by atoms with Gasteiger partial charge in [-0.2, -0.15) is 0 Å². The van der Waals surface area contributed by atoms with Crippen LogP contribution in [0, 0.1) is 0 Å². The van der Waals surface area contributed by atoms with E-state index in [1.807, 2.05) is 18.3 Å². The molecule has 0 atom stereocenters. The van der Waals surface area contributed by atoms with Crippen molar-refractivity contribution in [2.24, 2.45) is 0 Å². The maximum atomic E-state index is 6.73. The van der Waals surface area contributed by atoms with E-state index in [4.69, 9.17) is 9.72 Å². The second kappa shape index (κ2) is 10.5. The molecule has 1 aliphatic rings. The quantitative estimate of drug-likeness (QED) is 0.187. The number of anilines is 3. The van der Waals surface area contributed by atoms with E-state index in [2.05, 4.69) is 167 Å². The molecular formula is C46H35N5O. The molecule has 1 aliphatic heterocycles. The van der Waals surface area contributed by atoms with E-state index < -0.39 is 0 Å². The predicted molar refractivity (Wildman–Crippen MR) is 216 cm³/mol. The Hall–Kier alpha value is -6.53. The zero-order chi connectivity index (χ0) is 34.7. The minimum absolute atomic E-state index is 0.0107. The molecule has 11 rings (SSSR count). The minimum atomic E-state index is -0.0107. The predicted octanol–water partition coefficient (Wildman–Crippen LogP) is 11.9. The van der Waals surface area contributed by atoms with E-state index in [0.29, 0.717) is 0 Å². The molecule has 6 nitrogen and oxygen atoms in total. The molecule has 4 aromatic heterocycles. The molecule has 250 valence electrons. The molecule has 0 amide bonds. The van der Waals surface area contributed by atoms with Gasteiger partial charge in [-0.1, -0.05) is 72.8 Å². The van der Waals surface area contributed by atoms with Crippen LogP contribution in [0.4, 0.5) is 17.1 Å². The Labute approximate surface area is 300 Å². The Bertz CT molecular complexity index is 3090. The first-order valence-corrected chi connectivity index (χ1v) is 17.9. The third-order valence-electron chi connectivity index (χ3n) is 10.9. The second-order valence-electron chi connectivity index (χ2n) is 14.9. The van der Waals surface area contributed by atoms with Crippen LogP contribution in [0.25, 0.3) is 65.5 Å². The number of pyridine rings is 1. The molecule has 52 heavy (non-hydrogen) atoms. The van der Waals surface area contributed by atoms with Crippen molar-refractivity contribution in [1.82, 2.24) is 13.8 Å². The van der Waals surface area contributed by atoms with Gasteiger partial charge in [0.1, 0.15) is 11.5 Å². The van der Waals surface area contributed by atoms with E-state index in [0.717, 1.165) is 51.4 Å². The summed E-state index contributed by atoms with van der Waals surface area (Å²) in [7, 11) is 0. The number of aromatic nitrogens is 3. The first-order chi connectivity index (χ1) is 25.4. The Morgan fingerprint density at radius 1 is 0.519 bits per heavy atom. The smallest absolute Gasteiger partial charge is 0.162 e. The van der Waals surface area contributed by atoms with Gasteiger partial charge in [-0.3, -0.25) is 4.40 Å². The molecule has 0 aliphatic carbocycles. The summed E-state index contributed by atoms with van der Waals surface area (Å²) in [4.78, 5) is 9.94. The van der Waals surface area contributed by atoms with Gasteiger partial charge in [0, 0.05) is 61.9 Å². The number of nitrogens with zero attached hydrogens (tertiary/aromatic N) is 5. The average molecular weight is 674 g/mol. The highest BCUT2D eigenvalue weighted by Crippen LogP contribution is 2.45. The normalized spacial score (nSPS) is 13.5. The number of fused-ring (bicyclic) bond motifs is 11.